The second kappa shape index (κ2) is 6.72. The van der Waals surface area contributed by atoms with Crippen LogP contribution in [0.25, 0.3) is 0 Å². The quantitative estimate of drug-likeness (QED) is 0.341. The molecular weight excluding hydrogens is 301 g/mol. The molecule has 0 amide bonds. The number of carbonyl (C=O) groups is 1. The zero-order valence-corrected chi connectivity index (χ0v) is 11.3. The van der Waals surface area contributed by atoms with Crippen LogP contribution >= 0.6 is 0 Å². The molecule has 1 aromatic carbocycles. The van der Waals surface area contributed by atoms with Gasteiger partial charge in [-0.3, -0.25) is 10.1 Å². The van der Waals surface area contributed by atoms with Gasteiger partial charge in [-0.1, -0.05) is 5.16 Å². The topological polar surface area (TPSA) is 118 Å². The van der Waals surface area contributed by atoms with Crippen LogP contribution in [-0.4, -0.2) is 27.6 Å². The van der Waals surface area contributed by atoms with E-state index in [4.69, 9.17) is 14.0 Å². The van der Waals surface area contributed by atoms with E-state index < -0.39 is 34.8 Å². The molecule has 0 saturated heterocycles. The molecule has 0 aliphatic rings. The average molecular weight is 311 g/mol. The van der Waals surface area contributed by atoms with Crippen LogP contribution in [0, 0.1) is 22.9 Å². The minimum absolute atomic E-state index is 0.124. The van der Waals surface area contributed by atoms with Gasteiger partial charge in [0, 0.05) is 12.1 Å². The number of aryl methyl sites for hydroxylation is 1. The number of nitro groups is 1. The van der Waals surface area contributed by atoms with Gasteiger partial charge in [-0.15, -0.1) is 0 Å². The van der Waals surface area contributed by atoms with Crippen LogP contribution in [-0.2, 0) is 16.1 Å². The lowest BCUT2D eigenvalue weighted by Crippen LogP contribution is -2.16. The number of carbonyl (C=O) groups excluding carboxylic acids is 1. The van der Waals surface area contributed by atoms with E-state index >= 15 is 0 Å². The highest BCUT2D eigenvalue weighted by Crippen LogP contribution is 2.27. The van der Waals surface area contributed by atoms with E-state index in [0.29, 0.717) is 5.82 Å². The Balaban J connectivity index is 1.91. The molecule has 0 spiro atoms. The minimum Gasteiger partial charge on any atom is -0.417 e. The van der Waals surface area contributed by atoms with Crippen LogP contribution in [0.5, 0.6) is 5.75 Å². The van der Waals surface area contributed by atoms with E-state index in [1.165, 1.54) is 0 Å². The lowest BCUT2D eigenvalue weighted by Gasteiger charge is -2.05. The van der Waals surface area contributed by atoms with Crippen molar-refractivity contribution in [1.82, 2.24) is 10.1 Å². The SMILES string of the molecule is Cc1noc(COCC(=O)Oc2cc(F)ccc2[N+](=O)[O-])n1. The van der Waals surface area contributed by atoms with Crippen LogP contribution in [0.3, 0.4) is 0 Å². The molecule has 0 bridgehead atoms. The summed E-state index contributed by atoms with van der Waals surface area (Å²) in [5.41, 5.74) is -0.526. The molecule has 116 valence electrons. The summed E-state index contributed by atoms with van der Waals surface area (Å²) < 4.78 is 27.5. The Labute approximate surface area is 122 Å². The highest BCUT2D eigenvalue weighted by atomic mass is 19.1. The van der Waals surface area contributed by atoms with Crippen molar-refractivity contribution in [2.24, 2.45) is 0 Å². The predicted octanol–water partition coefficient (Wildman–Crippen LogP) is 1.55. The summed E-state index contributed by atoms with van der Waals surface area (Å²) in [6.45, 7) is 0.973. The highest BCUT2D eigenvalue weighted by Gasteiger charge is 2.19. The third-order valence-electron chi connectivity index (χ3n) is 2.36. The molecule has 0 aliphatic carbocycles. The van der Waals surface area contributed by atoms with Crippen LogP contribution in [0.4, 0.5) is 10.1 Å². The van der Waals surface area contributed by atoms with Gasteiger partial charge < -0.3 is 14.0 Å². The summed E-state index contributed by atoms with van der Waals surface area (Å²) in [6, 6.07) is 2.54. The molecule has 22 heavy (non-hydrogen) atoms. The van der Waals surface area contributed by atoms with E-state index in [0.717, 1.165) is 18.2 Å². The molecule has 2 rings (SSSR count). The van der Waals surface area contributed by atoms with Gasteiger partial charge in [-0.05, 0) is 13.0 Å². The van der Waals surface area contributed by atoms with Crippen molar-refractivity contribution in [3.05, 3.63) is 45.8 Å². The first kappa shape index (κ1) is 15.5. The average Bonchev–Trinajstić information content (AvgIpc) is 2.84. The highest BCUT2D eigenvalue weighted by molar-refractivity contribution is 5.75. The number of benzene rings is 1. The van der Waals surface area contributed by atoms with Gasteiger partial charge in [-0.25, -0.2) is 9.18 Å². The van der Waals surface area contributed by atoms with Gasteiger partial charge in [0.15, 0.2) is 5.82 Å². The molecule has 0 aliphatic heterocycles. The molecular formula is C12H10FN3O6. The van der Waals surface area contributed by atoms with Gasteiger partial charge in [-0.2, -0.15) is 4.98 Å². The van der Waals surface area contributed by atoms with E-state index in [-0.39, 0.29) is 12.5 Å². The van der Waals surface area contributed by atoms with Gasteiger partial charge >= 0.3 is 11.7 Å². The van der Waals surface area contributed by atoms with Crippen molar-refractivity contribution in [3.8, 4) is 5.75 Å². The van der Waals surface area contributed by atoms with Crippen LogP contribution < -0.4 is 4.74 Å². The summed E-state index contributed by atoms with van der Waals surface area (Å²) in [5.74, 6) is -1.61. The van der Waals surface area contributed by atoms with E-state index in [9.17, 15) is 19.3 Å². The molecule has 2 aromatic rings. The van der Waals surface area contributed by atoms with Crippen LogP contribution in [0.2, 0.25) is 0 Å². The number of halogens is 1. The summed E-state index contributed by atoms with van der Waals surface area (Å²) in [6.07, 6.45) is 0. The maximum atomic E-state index is 13.1. The van der Waals surface area contributed by atoms with Crippen molar-refractivity contribution < 1.29 is 28.1 Å². The third kappa shape index (κ3) is 4.06. The number of nitrogens with zero attached hydrogens (tertiary/aromatic N) is 3. The Hall–Kier alpha value is -2.88. The summed E-state index contributed by atoms with van der Waals surface area (Å²) in [7, 11) is 0. The Morgan fingerprint density at radius 3 is 2.91 bits per heavy atom. The lowest BCUT2D eigenvalue weighted by molar-refractivity contribution is -0.385. The second-order valence-electron chi connectivity index (χ2n) is 4.07. The normalized spacial score (nSPS) is 10.5. The van der Waals surface area contributed by atoms with E-state index in [1.807, 2.05) is 0 Å². The standard InChI is InChI=1S/C12H10FN3O6/c1-7-14-11(22-15-7)5-20-6-12(17)21-10-4-8(13)2-3-9(10)16(18)19/h2-4H,5-6H2,1H3. The first-order valence-electron chi connectivity index (χ1n) is 5.97. The predicted molar refractivity (Wildman–Crippen MR) is 67.4 cm³/mol. The molecule has 10 heteroatoms. The Bertz CT molecular complexity index is 702. The Morgan fingerprint density at radius 1 is 1.50 bits per heavy atom. The van der Waals surface area contributed by atoms with Gasteiger partial charge in [0.1, 0.15) is 19.0 Å². The van der Waals surface area contributed by atoms with Crippen molar-refractivity contribution in [2.75, 3.05) is 6.61 Å². The number of rotatable bonds is 6. The summed E-state index contributed by atoms with van der Waals surface area (Å²) in [5, 5.41) is 14.3. The van der Waals surface area contributed by atoms with Crippen molar-refractivity contribution in [2.45, 2.75) is 13.5 Å². The number of esters is 1. The largest absolute Gasteiger partial charge is 0.417 e. The van der Waals surface area contributed by atoms with Crippen LogP contribution in [0.15, 0.2) is 22.7 Å². The molecule has 0 N–H and O–H groups in total. The van der Waals surface area contributed by atoms with E-state index in [1.54, 1.807) is 6.92 Å². The number of nitro benzene ring substituents is 1. The number of hydrogen-bond donors (Lipinski definition) is 0. The van der Waals surface area contributed by atoms with Crippen molar-refractivity contribution >= 4 is 11.7 Å². The van der Waals surface area contributed by atoms with Crippen molar-refractivity contribution in [3.63, 3.8) is 0 Å². The monoisotopic (exact) mass is 311 g/mol. The maximum absolute atomic E-state index is 13.1. The van der Waals surface area contributed by atoms with Crippen molar-refractivity contribution in [1.29, 1.82) is 0 Å². The smallest absolute Gasteiger partial charge is 0.337 e. The Morgan fingerprint density at radius 2 is 2.27 bits per heavy atom. The minimum atomic E-state index is -0.926. The lowest BCUT2D eigenvalue weighted by atomic mass is 10.3. The molecule has 0 saturated carbocycles. The first-order valence-corrected chi connectivity index (χ1v) is 5.97. The molecule has 0 atom stereocenters. The maximum Gasteiger partial charge on any atom is 0.337 e. The zero-order valence-electron chi connectivity index (χ0n) is 11.3. The zero-order chi connectivity index (χ0) is 16.1. The number of aromatic nitrogens is 2. The van der Waals surface area contributed by atoms with Gasteiger partial charge in [0.05, 0.1) is 4.92 Å². The van der Waals surface area contributed by atoms with Gasteiger partial charge in [0.25, 0.3) is 5.89 Å². The molecule has 0 radical (unpaired) electrons. The fourth-order valence-electron chi connectivity index (χ4n) is 1.49. The molecule has 1 aromatic heterocycles. The fraction of sp³-hybridized carbons (Fsp3) is 0.250. The van der Waals surface area contributed by atoms with Crippen LogP contribution in [0.1, 0.15) is 11.7 Å². The second-order valence-corrected chi connectivity index (χ2v) is 4.07. The molecule has 1 heterocycles. The fourth-order valence-corrected chi connectivity index (χ4v) is 1.49. The summed E-state index contributed by atoms with van der Waals surface area (Å²) in [4.78, 5) is 25.3. The first-order chi connectivity index (χ1) is 10.5. The molecule has 9 nitrogen and oxygen atoms in total. The third-order valence-corrected chi connectivity index (χ3v) is 2.36. The number of hydrogen-bond acceptors (Lipinski definition) is 8. The molecule has 0 fully saturated rings. The van der Waals surface area contributed by atoms with E-state index in [2.05, 4.69) is 10.1 Å². The summed E-state index contributed by atoms with van der Waals surface area (Å²) >= 11 is 0. The van der Waals surface area contributed by atoms with Gasteiger partial charge in [0.2, 0.25) is 5.75 Å². The Kier molecular flexibility index (Phi) is 4.73. The number of ether oxygens (including phenoxy) is 2. The molecule has 0 unspecified atom stereocenters.